The maximum absolute atomic E-state index is 13.7. The average Bonchev–Trinajstić information content (AvgIpc) is 2.59. The molecule has 0 saturated carbocycles. The highest BCUT2D eigenvalue weighted by atomic mass is 35.5. The van der Waals surface area contributed by atoms with Crippen LogP contribution in [0.1, 0.15) is 12.5 Å². The number of halogens is 3. The van der Waals surface area contributed by atoms with Gasteiger partial charge in [-0.15, -0.1) is 0 Å². The second kappa shape index (κ2) is 8.54. The van der Waals surface area contributed by atoms with E-state index in [1.165, 1.54) is 19.1 Å². The predicted octanol–water partition coefficient (Wildman–Crippen LogP) is 3.64. The molecule has 142 valence electrons. The van der Waals surface area contributed by atoms with Crippen LogP contribution in [0.25, 0.3) is 0 Å². The number of anilines is 1. The molecule has 0 aliphatic rings. The lowest BCUT2D eigenvalue weighted by Crippen LogP contribution is -2.30. The molecule has 0 radical (unpaired) electrons. The van der Waals surface area contributed by atoms with Crippen molar-refractivity contribution in [1.29, 1.82) is 0 Å². The van der Waals surface area contributed by atoms with Gasteiger partial charge in [0.1, 0.15) is 5.82 Å². The number of carbonyl (C=O) groups excluding carboxylic acids is 2. The van der Waals surface area contributed by atoms with Gasteiger partial charge < -0.3 is 10.1 Å². The second-order valence-corrected chi connectivity index (χ2v) is 5.83. The van der Waals surface area contributed by atoms with Crippen molar-refractivity contribution in [3.8, 4) is 0 Å². The van der Waals surface area contributed by atoms with Gasteiger partial charge in [0.15, 0.2) is 6.10 Å². The molecule has 0 aliphatic carbocycles. The fraction of sp³-hybridized carbons (Fsp3) is 0.176. The average molecular weight is 399 g/mol. The van der Waals surface area contributed by atoms with Gasteiger partial charge in [0.05, 0.1) is 11.3 Å². The van der Waals surface area contributed by atoms with Crippen LogP contribution in [-0.2, 0) is 20.7 Å². The molecule has 0 bridgehead atoms. The summed E-state index contributed by atoms with van der Waals surface area (Å²) in [6.45, 7) is 1.26. The van der Waals surface area contributed by atoms with E-state index in [1.54, 1.807) is 0 Å². The fourth-order valence-electron chi connectivity index (χ4n) is 2.11. The molecule has 0 unspecified atom stereocenters. The summed E-state index contributed by atoms with van der Waals surface area (Å²) < 4.78 is 31.9. The number of nitrogens with zero attached hydrogens (tertiary/aromatic N) is 1. The number of hydrogen-bond donors (Lipinski definition) is 1. The Hall–Kier alpha value is -3.07. The zero-order valence-corrected chi connectivity index (χ0v) is 14.6. The number of ether oxygens (including phenoxy) is 1. The second-order valence-electron chi connectivity index (χ2n) is 5.42. The van der Waals surface area contributed by atoms with Crippen molar-refractivity contribution in [2.45, 2.75) is 19.4 Å². The molecule has 0 aromatic heterocycles. The zero-order valence-electron chi connectivity index (χ0n) is 13.9. The lowest BCUT2D eigenvalue weighted by Gasteiger charge is -2.14. The number of benzene rings is 2. The van der Waals surface area contributed by atoms with E-state index in [-0.39, 0.29) is 16.3 Å². The molecule has 0 spiro atoms. The van der Waals surface area contributed by atoms with Crippen molar-refractivity contribution in [2.24, 2.45) is 0 Å². The maximum Gasteiger partial charge on any atom is 0.311 e. The quantitative estimate of drug-likeness (QED) is 0.455. The number of nitrogens with one attached hydrogen (secondary N) is 1. The largest absolute Gasteiger partial charge is 0.452 e. The smallest absolute Gasteiger partial charge is 0.311 e. The standard InChI is InChI=1S/C17H13ClF2N2O5/c1-9(27-16(23)8-11-12(18)3-2-4-13(11)19)17(24)21-10-5-6-14(20)15(7-10)22(25)26/h2-7,9H,8H2,1H3,(H,21,24)/t9-/m1/s1. The third-order valence-corrected chi connectivity index (χ3v) is 3.82. The number of rotatable bonds is 6. The Kier molecular flexibility index (Phi) is 6.40. The monoisotopic (exact) mass is 398 g/mol. The summed E-state index contributed by atoms with van der Waals surface area (Å²) in [5.41, 5.74) is -0.925. The Bertz CT molecular complexity index is 887. The summed E-state index contributed by atoms with van der Waals surface area (Å²) in [6.07, 6.45) is -1.77. The molecule has 2 aromatic carbocycles. The highest BCUT2D eigenvalue weighted by molar-refractivity contribution is 6.31. The van der Waals surface area contributed by atoms with Crippen molar-refractivity contribution in [1.82, 2.24) is 0 Å². The summed E-state index contributed by atoms with van der Waals surface area (Å²) >= 11 is 5.82. The van der Waals surface area contributed by atoms with Crippen molar-refractivity contribution >= 4 is 34.9 Å². The minimum absolute atomic E-state index is 0.0441. The van der Waals surface area contributed by atoms with Gasteiger partial charge >= 0.3 is 11.7 Å². The van der Waals surface area contributed by atoms with Crippen molar-refractivity contribution in [3.05, 3.63) is 68.7 Å². The number of hydrogen-bond acceptors (Lipinski definition) is 5. The Morgan fingerprint density at radius 2 is 1.96 bits per heavy atom. The number of amides is 1. The molecule has 0 aliphatic heterocycles. The molecule has 0 heterocycles. The first-order valence-electron chi connectivity index (χ1n) is 7.56. The topological polar surface area (TPSA) is 98.5 Å². The summed E-state index contributed by atoms with van der Waals surface area (Å²) in [7, 11) is 0. The van der Waals surface area contributed by atoms with Crippen molar-refractivity contribution in [3.63, 3.8) is 0 Å². The third-order valence-electron chi connectivity index (χ3n) is 3.47. The molecule has 2 rings (SSSR count). The van der Waals surface area contributed by atoms with Gasteiger partial charge in [-0.3, -0.25) is 19.7 Å². The van der Waals surface area contributed by atoms with Crippen LogP contribution in [0.5, 0.6) is 0 Å². The van der Waals surface area contributed by atoms with E-state index in [1.807, 2.05) is 0 Å². The molecular formula is C17H13ClF2N2O5. The highest BCUT2D eigenvalue weighted by Crippen LogP contribution is 2.22. The van der Waals surface area contributed by atoms with Crippen LogP contribution in [0.15, 0.2) is 36.4 Å². The van der Waals surface area contributed by atoms with Gasteiger partial charge in [-0.2, -0.15) is 4.39 Å². The van der Waals surface area contributed by atoms with Crippen LogP contribution in [0.4, 0.5) is 20.2 Å². The van der Waals surface area contributed by atoms with Gasteiger partial charge in [-0.25, -0.2) is 4.39 Å². The van der Waals surface area contributed by atoms with Crippen molar-refractivity contribution < 1.29 is 28.0 Å². The van der Waals surface area contributed by atoms with Gasteiger partial charge in [0.25, 0.3) is 5.91 Å². The summed E-state index contributed by atoms with van der Waals surface area (Å²) in [4.78, 5) is 33.7. The third kappa shape index (κ3) is 5.20. The highest BCUT2D eigenvalue weighted by Gasteiger charge is 2.21. The normalized spacial score (nSPS) is 11.6. The van der Waals surface area contributed by atoms with E-state index in [9.17, 15) is 28.5 Å². The predicted molar refractivity (Wildman–Crippen MR) is 92.4 cm³/mol. The van der Waals surface area contributed by atoms with Gasteiger partial charge in [-0.1, -0.05) is 17.7 Å². The van der Waals surface area contributed by atoms with E-state index in [0.717, 1.165) is 24.3 Å². The number of nitro groups is 1. The first-order valence-corrected chi connectivity index (χ1v) is 7.94. The minimum atomic E-state index is -1.29. The van der Waals surface area contributed by atoms with E-state index >= 15 is 0 Å². The van der Waals surface area contributed by atoms with Crippen LogP contribution in [0, 0.1) is 21.7 Å². The molecule has 0 saturated heterocycles. The first-order chi connectivity index (χ1) is 12.7. The van der Waals surface area contributed by atoms with Crippen LogP contribution in [-0.4, -0.2) is 22.9 Å². The van der Waals surface area contributed by atoms with E-state index in [2.05, 4.69) is 5.32 Å². The van der Waals surface area contributed by atoms with Crippen molar-refractivity contribution in [2.75, 3.05) is 5.32 Å². The Labute approximate surface area is 157 Å². The molecule has 0 fully saturated rings. The molecule has 1 atom stereocenters. The maximum atomic E-state index is 13.7. The SMILES string of the molecule is C[C@@H](OC(=O)Cc1c(F)cccc1Cl)C(=O)Nc1ccc(F)c([N+](=O)[O-])c1. The van der Waals surface area contributed by atoms with Gasteiger partial charge in [-0.05, 0) is 31.2 Å². The first kappa shape index (κ1) is 20.2. The number of carbonyl (C=O) groups is 2. The summed E-state index contributed by atoms with van der Waals surface area (Å²) in [5, 5.41) is 13.0. The fourth-order valence-corrected chi connectivity index (χ4v) is 2.34. The van der Waals surface area contributed by atoms with Crippen LogP contribution in [0.3, 0.4) is 0 Å². The van der Waals surface area contributed by atoms with Gasteiger partial charge in [0, 0.05) is 22.3 Å². The Balaban J connectivity index is 2.00. The summed E-state index contributed by atoms with van der Waals surface area (Å²) in [5.74, 6) is -3.44. The van der Waals surface area contributed by atoms with Crippen LogP contribution < -0.4 is 5.32 Å². The molecular weight excluding hydrogens is 386 g/mol. The molecule has 2 aromatic rings. The Morgan fingerprint density at radius 3 is 2.59 bits per heavy atom. The zero-order chi connectivity index (χ0) is 20.1. The molecule has 10 heteroatoms. The summed E-state index contributed by atoms with van der Waals surface area (Å²) in [6, 6.07) is 6.70. The van der Waals surface area contributed by atoms with Crippen LogP contribution >= 0.6 is 11.6 Å². The van der Waals surface area contributed by atoms with E-state index < -0.39 is 46.6 Å². The molecule has 1 amide bonds. The lowest BCUT2D eigenvalue weighted by atomic mass is 10.1. The molecule has 27 heavy (non-hydrogen) atoms. The van der Waals surface area contributed by atoms with Crippen LogP contribution in [0.2, 0.25) is 5.02 Å². The van der Waals surface area contributed by atoms with E-state index in [0.29, 0.717) is 0 Å². The minimum Gasteiger partial charge on any atom is -0.452 e. The molecule has 1 N–H and O–H groups in total. The number of nitro benzene ring substituents is 1. The van der Waals surface area contributed by atoms with Gasteiger partial charge in [0.2, 0.25) is 5.82 Å². The lowest BCUT2D eigenvalue weighted by molar-refractivity contribution is -0.387. The number of esters is 1. The molecule has 7 nitrogen and oxygen atoms in total. The van der Waals surface area contributed by atoms with E-state index in [4.69, 9.17) is 16.3 Å². The Morgan fingerprint density at radius 1 is 1.26 bits per heavy atom.